The van der Waals surface area contributed by atoms with Crippen LogP contribution < -0.4 is 0 Å². The number of quaternary nitrogens is 1. The molecule has 0 amide bonds. The molecule has 0 saturated heterocycles. The summed E-state index contributed by atoms with van der Waals surface area (Å²) in [5, 5.41) is 0. The van der Waals surface area contributed by atoms with Crippen LogP contribution in [0.5, 0.6) is 0 Å². The molecule has 1 heteroatoms. The zero-order valence-corrected chi connectivity index (χ0v) is 10.5. The normalized spacial score (nSPS) is 13.9. The van der Waals surface area contributed by atoms with Gasteiger partial charge < -0.3 is 4.48 Å². The molecule has 1 unspecified atom stereocenters. The van der Waals surface area contributed by atoms with Gasteiger partial charge in [0.2, 0.25) is 0 Å². The van der Waals surface area contributed by atoms with Crippen LogP contribution in [0.15, 0.2) is 30.3 Å². The fraction of sp³-hybridized carbons (Fsp3) is 0.571. The number of rotatable bonds is 5. The monoisotopic (exact) mass is 206 g/mol. The molecule has 0 N–H and O–H groups in total. The molecule has 0 spiro atoms. The number of hydrogen-bond donors (Lipinski definition) is 0. The van der Waals surface area contributed by atoms with Crippen LogP contribution in [0.3, 0.4) is 0 Å². The van der Waals surface area contributed by atoms with Gasteiger partial charge in [0, 0.05) is 6.42 Å². The van der Waals surface area contributed by atoms with E-state index < -0.39 is 0 Å². The van der Waals surface area contributed by atoms with Crippen LogP contribution in [0.1, 0.15) is 26.3 Å². The third-order valence-corrected chi connectivity index (χ3v) is 3.88. The number of hydrogen-bond acceptors (Lipinski definition) is 0. The molecular formula is C14H24N+. The largest absolute Gasteiger partial charge is 0.324 e. The van der Waals surface area contributed by atoms with E-state index in [9.17, 15) is 0 Å². The SMILES string of the molecule is CC[N+](C)(CC)C(C)Cc1ccccc1. The maximum atomic E-state index is 2.36. The summed E-state index contributed by atoms with van der Waals surface area (Å²) >= 11 is 0. The van der Waals surface area contributed by atoms with E-state index in [4.69, 9.17) is 0 Å². The minimum atomic E-state index is 0.697. The minimum Gasteiger partial charge on any atom is -0.324 e. The third-order valence-electron chi connectivity index (χ3n) is 3.88. The minimum absolute atomic E-state index is 0.697. The van der Waals surface area contributed by atoms with E-state index in [0.717, 1.165) is 4.48 Å². The molecule has 0 aliphatic carbocycles. The smallest absolute Gasteiger partial charge is 0.0900 e. The van der Waals surface area contributed by atoms with Crippen LogP contribution in [-0.2, 0) is 6.42 Å². The Hall–Kier alpha value is -0.820. The average Bonchev–Trinajstić information content (AvgIpc) is 2.29. The summed E-state index contributed by atoms with van der Waals surface area (Å²) in [6, 6.07) is 11.5. The molecule has 15 heavy (non-hydrogen) atoms. The summed E-state index contributed by atoms with van der Waals surface area (Å²) in [7, 11) is 2.35. The molecule has 0 fully saturated rings. The second kappa shape index (κ2) is 5.32. The fourth-order valence-corrected chi connectivity index (χ4v) is 2.02. The molecule has 0 aliphatic heterocycles. The van der Waals surface area contributed by atoms with E-state index in [1.807, 2.05) is 0 Å². The van der Waals surface area contributed by atoms with E-state index in [1.54, 1.807) is 0 Å². The molecule has 1 aromatic rings. The van der Waals surface area contributed by atoms with Crippen molar-refractivity contribution in [1.29, 1.82) is 0 Å². The molecular weight excluding hydrogens is 182 g/mol. The van der Waals surface area contributed by atoms with Gasteiger partial charge in [-0.05, 0) is 26.3 Å². The van der Waals surface area contributed by atoms with E-state index in [0.29, 0.717) is 6.04 Å². The first kappa shape index (κ1) is 12.3. The highest BCUT2D eigenvalue weighted by molar-refractivity contribution is 5.15. The van der Waals surface area contributed by atoms with Crippen molar-refractivity contribution in [1.82, 2.24) is 0 Å². The first-order chi connectivity index (χ1) is 7.12. The molecule has 0 bridgehead atoms. The van der Waals surface area contributed by atoms with Crippen LogP contribution in [-0.4, -0.2) is 30.7 Å². The Morgan fingerprint density at radius 3 is 2.07 bits per heavy atom. The first-order valence-electron chi connectivity index (χ1n) is 6.00. The van der Waals surface area contributed by atoms with Gasteiger partial charge in [-0.25, -0.2) is 0 Å². The van der Waals surface area contributed by atoms with Crippen molar-refractivity contribution < 1.29 is 4.48 Å². The third kappa shape index (κ3) is 3.07. The van der Waals surface area contributed by atoms with E-state index in [1.165, 1.54) is 25.1 Å². The van der Waals surface area contributed by atoms with Gasteiger partial charge in [0.1, 0.15) is 0 Å². The predicted octanol–water partition coefficient (Wildman–Crippen LogP) is 3.10. The summed E-state index contributed by atoms with van der Waals surface area (Å²) in [4.78, 5) is 0. The molecule has 0 aromatic heterocycles. The lowest BCUT2D eigenvalue weighted by molar-refractivity contribution is -0.928. The van der Waals surface area contributed by atoms with Crippen LogP contribution >= 0.6 is 0 Å². The second-order valence-corrected chi connectivity index (χ2v) is 4.65. The molecule has 1 atom stereocenters. The Bertz CT molecular complexity index is 275. The van der Waals surface area contributed by atoms with Gasteiger partial charge in [-0.2, -0.15) is 0 Å². The van der Waals surface area contributed by atoms with Crippen molar-refractivity contribution in [2.24, 2.45) is 0 Å². The Kier molecular flexibility index (Phi) is 4.34. The molecule has 0 heterocycles. The predicted molar refractivity (Wildman–Crippen MR) is 66.9 cm³/mol. The average molecular weight is 206 g/mol. The zero-order valence-electron chi connectivity index (χ0n) is 10.5. The highest BCUT2D eigenvalue weighted by Crippen LogP contribution is 2.14. The lowest BCUT2D eigenvalue weighted by atomic mass is 10.0. The molecule has 1 rings (SSSR count). The Balaban J connectivity index is 2.66. The fourth-order valence-electron chi connectivity index (χ4n) is 2.02. The summed E-state index contributed by atoms with van der Waals surface area (Å²) in [6.07, 6.45) is 1.18. The van der Waals surface area contributed by atoms with Crippen molar-refractivity contribution >= 4 is 0 Å². The first-order valence-corrected chi connectivity index (χ1v) is 6.00. The van der Waals surface area contributed by atoms with Crippen molar-refractivity contribution in [3.8, 4) is 0 Å². The van der Waals surface area contributed by atoms with Gasteiger partial charge in [0.05, 0.1) is 26.2 Å². The van der Waals surface area contributed by atoms with E-state index in [2.05, 4.69) is 58.2 Å². The summed E-state index contributed by atoms with van der Waals surface area (Å²) in [5.74, 6) is 0. The van der Waals surface area contributed by atoms with Gasteiger partial charge in [-0.3, -0.25) is 0 Å². The van der Waals surface area contributed by atoms with Crippen molar-refractivity contribution in [2.45, 2.75) is 33.2 Å². The molecule has 1 nitrogen and oxygen atoms in total. The maximum absolute atomic E-state index is 2.36. The van der Waals surface area contributed by atoms with E-state index >= 15 is 0 Å². The standard InChI is InChI=1S/C14H24N/c1-5-15(4,6-2)13(3)12-14-10-8-7-9-11-14/h7-11,13H,5-6,12H2,1-4H3/q+1. The Morgan fingerprint density at radius 2 is 1.60 bits per heavy atom. The van der Waals surface area contributed by atoms with Crippen LogP contribution in [0.4, 0.5) is 0 Å². The summed E-state index contributed by atoms with van der Waals surface area (Å²) < 4.78 is 1.16. The maximum Gasteiger partial charge on any atom is 0.0900 e. The van der Waals surface area contributed by atoms with Gasteiger partial charge in [-0.1, -0.05) is 30.3 Å². The summed E-state index contributed by atoms with van der Waals surface area (Å²) in [6.45, 7) is 9.35. The second-order valence-electron chi connectivity index (χ2n) is 4.65. The van der Waals surface area contributed by atoms with Gasteiger partial charge in [0.25, 0.3) is 0 Å². The number of nitrogens with zero attached hydrogens (tertiary/aromatic N) is 1. The van der Waals surface area contributed by atoms with Crippen LogP contribution in [0.25, 0.3) is 0 Å². The lowest BCUT2D eigenvalue weighted by Gasteiger charge is -2.38. The van der Waals surface area contributed by atoms with Gasteiger partial charge >= 0.3 is 0 Å². The highest BCUT2D eigenvalue weighted by atomic mass is 15.3. The zero-order chi connectivity index (χ0) is 11.3. The highest BCUT2D eigenvalue weighted by Gasteiger charge is 2.24. The van der Waals surface area contributed by atoms with Gasteiger partial charge in [-0.15, -0.1) is 0 Å². The van der Waals surface area contributed by atoms with Crippen molar-refractivity contribution in [3.63, 3.8) is 0 Å². The molecule has 0 saturated carbocycles. The molecule has 0 aliphatic rings. The van der Waals surface area contributed by atoms with Crippen LogP contribution in [0.2, 0.25) is 0 Å². The number of benzene rings is 1. The lowest BCUT2D eigenvalue weighted by Crippen LogP contribution is -2.51. The molecule has 84 valence electrons. The Labute approximate surface area is 94.3 Å². The quantitative estimate of drug-likeness (QED) is 0.649. The van der Waals surface area contributed by atoms with Crippen LogP contribution in [0, 0.1) is 0 Å². The molecule has 0 radical (unpaired) electrons. The van der Waals surface area contributed by atoms with Gasteiger partial charge in [0.15, 0.2) is 0 Å². The topological polar surface area (TPSA) is 0 Å². The van der Waals surface area contributed by atoms with Crippen molar-refractivity contribution in [2.75, 3.05) is 20.1 Å². The van der Waals surface area contributed by atoms with E-state index in [-0.39, 0.29) is 0 Å². The van der Waals surface area contributed by atoms with Crippen molar-refractivity contribution in [3.05, 3.63) is 35.9 Å². The summed E-state index contributed by atoms with van der Waals surface area (Å²) in [5.41, 5.74) is 1.45. The Morgan fingerprint density at radius 1 is 1.07 bits per heavy atom. The molecule has 1 aromatic carbocycles. The number of likely N-dealkylation sites (N-methyl/N-ethyl adjacent to an activating group) is 1.